The number of aromatic nitrogens is 3. The monoisotopic (exact) mass is 180 g/mol. The van der Waals surface area contributed by atoms with Crippen molar-refractivity contribution >= 4 is 11.8 Å². The lowest BCUT2D eigenvalue weighted by Gasteiger charge is -1.91. The average Bonchev–Trinajstić information content (AvgIpc) is 2.24. The van der Waals surface area contributed by atoms with E-state index in [0.29, 0.717) is 0 Å². The lowest BCUT2D eigenvalue weighted by molar-refractivity contribution is 0.865. The lowest BCUT2D eigenvalue weighted by Crippen LogP contribution is -1.91. The minimum absolute atomic E-state index is 1.58. The zero-order valence-electron chi connectivity index (χ0n) is 6.29. The zero-order chi connectivity index (χ0) is 8.49. The van der Waals surface area contributed by atoms with Crippen LogP contribution in [0, 0.1) is 0 Å². The third-order valence-electron chi connectivity index (χ3n) is 0.894. The molecule has 1 N–H and O–H groups in total. The fourth-order valence-corrected chi connectivity index (χ4v) is 0.868. The van der Waals surface area contributed by atoms with Crippen LogP contribution in [-0.2, 0) is 0 Å². The van der Waals surface area contributed by atoms with Crippen molar-refractivity contribution in [3.63, 3.8) is 0 Å². The molecule has 0 spiro atoms. The van der Waals surface area contributed by atoms with Crippen molar-refractivity contribution in [1.29, 1.82) is 0 Å². The summed E-state index contributed by atoms with van der Waals surface area (Å²) in [6.45, 7) is 0. The van der Waals surface area contributed by atoms with Crippen LogP contribution in [0.5, 0.6) is 0 Å². The second-order valence-electron chi connectivity index (χ2n) is 1.72. The molecule has 12 heavy (non-hydrogen) atoms. The van der Waals surface area contributed by atoms with Crippen molar-refractivity contribution in [2.75, 3.05) is 0 Å². The average molecular weight is 180 g/mol. The van der Waals surface area contributed by atoms with Gasteiger partial charge in [-0.25, -0.2) is 0 Å². The van der Waals surface area contributed by atoms with Gasteiger partial charge in [0.2, 0.25) is 0 Å². The molecule has 0 radical (unpaired) electrons. The first-order valence-electron chi connectivity index (χ1n) is 3.30. The van der Waals surface area contributed by atoms with Crippen molar-refractivity contribution in [3.8, 4) is 0 Å². The van der Waals surface area contributed by atoms with Crippen molar-refractivity contribution in [2.24, 2.45) is 0 Å². The highest BCUT2D eigenvalue weighted by Crippen LogP contribution is 2.04. The molecule has 0 saturated heterocycles. The molecule has 5 heteroatoms. The minimum atomic E-state index is 1.58. The van der Waals surface area contributed by atoms with E-state index in [-0.39, 0.29) is 0 Å². The maximum absolute atomic E-state index is 3.42. The summed E-state index contributed by atoms with van der Waals surface area (Å²) in [4.78, 5) is 0. The first-order valence-corrected chi connectivity index (χ1v) is 4.24. The van der Waals surface area contributed by atoms with Crippen LogP contribution in [-0.4, -0.2) is 15.4 Å². The first kappa shape index (κ1) is 8.73. The molecule has 0 aliphatic carbocycles. The summed E-state index contributed by atoms with van der Waals surface area (Å²) in [6.07, 6.45) is 6.94. The van der Waals surface area contributed by atoms with Crippen LogP contribution in [0.4, 0.5) is 0 Å². The van der Waals surface area contributed by atoms with E-state index in [2.05, 4.69) is 20.7 Å². The SMILES string of the molecule is C1=CSC=CN1.c1cnnnc1. The van der Waals surface area contributed by atoms with Crippen LogP contribution in [0.25, 0.3) is 0 Å². The van der Waals surface area contributed by atoms with Crippen molar-refractivity contribution < 1.29 is 0 Å². The molecule has 1 aromatic heterocycles. The summed E-state index contributed by atoms with van der Waals surface area (Å²) in [5.74, 6) is 0. The van der Waals surface area contributed by atoms with Gasteiger partial charge >= 0.3 is 0 Å². The third-order valence-corrected chi connectivity index (χ3v) is 1.48. The largest absolute Gasteiger partial charge is 0.367 e. The second-order valence-corrected chi connectivity index (χ2v) is 2.54. The van der Waals surface area contributed by atoms with Crippen LogP contribution >= 0.6 is 11.8 Å². The molecule has 2 heterocycles. The van der Waals surface area contributed by atoms with E-state index < -0.39 is 0 Å². The molecular formula is C7H8N4S. The number of hydrogen-bond donors (Lipinski definition) is 1. The van der Waals surface area contributed by atoms with Crippen LogP contribution < -0.4 is 5.32 Å². The molecule has 1 aromatic rings. The zero-order valence-corrected chi connectivity index (χ0v) is 7.11. The topological polar surface area (TPSA) is 50.7 Å². The van der Waals surface area contributed by atoms with E-state index in [1.165, 1.54) is 0 Å². The van der Waals surface area contributed by atoms with Gasteiger partial charge in [0, 0.05) is 12.4 Å². The van der Waals surface area contributed by atoms with E-state index >= 15 is 0 Å². The minimum Gasteiger partial charge on any atom is -0.367 e. The molecule has 0 amide bonds. The summed E-state index contributed by atoms with van der Waals surface area (Å²) >= 11 is 1.67. The highest BCUT2D eigenvalue weighted by atomic mass is 32.2. The van der Waals surface area contributed by atoms with Gasteiger partial charge in [0.25, 0.3) is 0 Å². The van der Waals surface area contributed by atoms with Gasteiger partial charge in [-0.3, -0.25) is 0 Å². The van der Waals surface area contributed by atoms with Gasteiger partial charge in [0.15, 0.2) is 0 Å². The predicted molar refractivity (Wildman–Crippen MR) is 48.8 cm³/mol. The van der Waals surface area contributed by atoms with Crippen LogP contribution in [0.1, 0.15) is 0 Å². The Morgan fingerprint density at radius 1 is 1.00 bits per heavy atom. The maximum atomic E-state index is 3.42. The van der Waals surface area contributed by atoms with Gasteiger partial charge in [-0.05, 0) is 22.1 Å². The molecule has 0 saturated carbocycles. The van der Waals surface area contributed by atoms with Gasteiger partial charge in [-0.15, -0.1) is 22.0 Å². The number of nitrogens with zero attached hydrogens (tertiary/aromatic N) is 3. The molecule has 0 bridgehead atoms. The molecule has 2 rings (SSSR count). The Hall–Kier alpha value is -1.36. The highest BCUT2D eigenvalue weighted by Gasteiger charge is 1.73. The molecule has 1 aliphatic rings. The molecule has 0 aromatic carbocycles. The Balaban J connectivity index is 0.000000120. The number of rotatable bonds is 0. The van der Waals surface area contributed by atoms with Gasteiger partial charge in [-0.1, -0.05) is 0 Å². The Morgan fingerprint density at radius 2 is 1.67 bits per heavy atom. The van der Waals surface area contributed by atoms with E-state index in [4.69, 9.17) is 0 Å². The maximum Gasteiger partial charge on any atom is 0.0529 e. The number of nitrogens with one attached hydrogen (secondary N) is 1. The van der Waals surface area contributed by atoms with Gasteiger partial charge in [0.05, 0.1) is 12.4 Å². The lowest BCUT2D eigenvalue weighted by atomic mass is 10.7. The summed E-state index contributed by atoms with van der Waals surface area (Å²) in [5, 5.41) is 17.0. The van der Waals surface area contributed by atoms with Crippen LogP contribution in [0.3, 0.4) is 0 Å². The number of hydrogen-bond acceptors (Lipinski definition) is 5. The van der Waals surface area contributed by atoms with Gasteiger partial charge < -0.3 is 5.32 Å². The Morgan fingerprint density at radius 3 is 1.83 bits per heavy atom. The van der Waals surface area contributed by atoms with E-state index in [1.807, 2.05) is 23.2 Å². The summed E-state index contributed by atoms with van der Waals surface area (Å²) in [7, 11) is 0. The molecule has 0 fully saturated rings. The smallest absolute Gasteiger partial charge is 0.0529 e. The molecule has 0 unspecified atom stereocenters. The van der Waals surface area contributed by atoms with E-state index in [9.17, 15) is 0 Å². The normalized spacial score (nSPS) is 12.7. The Bertz CT molecular complexity index is 200. The molecule has 1 aliphatic heterocycles. The van der Waals surface area contributed by atoms with Gasteiger partial charge in [0.1, 0.15) is 0 Å². The van der Waals surface area contributed by atoms with Gasteiger partial charge in [-0.2, -0.15) is 0 Å². The molecule has 62 valence electrons. The number of thioether (sulfide) groups is 1. The standard InChI is InChI=1S/C4H5NS.C3H3N3/c1-3-6-4-2-5-1;1-2-4-6-5-3-1/h1-5H;1-3H. The van der Waals surface area contributed by atoms with Crippen molar-refractivity contribution in [3.05, 3.63) is 41.7 Å². The second kappa shape index (κ2) is 6.36. The molecule has 0 atom stereocenters. The highest BCUT2D eigenvalue weighted by molar-refractivity contribution is 8.04. The van der Waals surface area contributed by atoms with E-state index in [0.717, 1.165) is 0 Å². The fourth-order valence-electron chi connectivity index (χ4n) is 0.463. The predicted octanol–water partition coefficient (Wildman–Crippen LogP) is 1.14. The Kier molecular flexibility index (Phi) is 4.63. The van der Waals surface area contributed by atoms with Crippen LogP contribution in [0.2, 0.25) is 0 Å². The van der Waals surface area contributed by atoms with E-state index in [1.54, 1.807) is 30.2 Å². The molecule has 4 nitrogen and oxygen atoms in total. The van der Waals surface area contributed by atoms with Crippen LogP contribution in [0.15, 0.2) is 41.7 Å². The van der Waals surface area contributed by atoms with Crippen molar-refractivity contribution in [2.45, 2.75) is 0 Å². The van der Waals surface area contributed by atoms with Crippen molar-refractivity contribution in [1.82, 2.24) is 20.7 Å². The third kappa shape index (κ3) is 4.45. The quantitative estimate of drug-likeness (QED) is 0.648. The summed E-state index contributed by atoms with van der Waals surface area (Å²) < 4.78 is 0. The molecular weight excluding hydrogens is 172 g/mol. The summed E-state index contributed by atoms with van der Waals surface area (Å²) in [5.41, 5.74) is 0. The first-order chi connectivity index (χ1) is 6.00. The fraction of sp³-hybridized carbons (Fsp3) is 0. The summed E-state index contributed by atoms with van der Waals surface area (Å²) in [6, 6.07) is 1.72. The Labute approximate surface area is 74.8 Å².